The molecule has 6 rings (SSSR count). The minimum absolute atomic E-state index is 0.00999. The molecule has 7 N–H and O–H groups in total. The fourth-order valence-corrected chi connectivity index (χ4v) is 10.6. The van der Waals surface area contributed by atoms with Crippen LogP contribution in [0.2, 0.25) is 0 Å². The third kappa shape index (κ3) is 11.1. The van der Waals surface area contributed by atoms with Gasteiger partial charge in [0.05, 0.1) is 36.8 Å². The molecule has 0 saturated carbocycles. The monoisotopic (exact) mass is 910 g/mol. The zero-order valence-electron chi connectivity index (χ0n) is 33.4. The molecule has 2 aliphatic heterocycles. The van der Waals surface area contributed by atoms with E-state index in [-0.39, 0.29) is 54.7 Å². The van der Waals surface area contributed by atoms with Crippen molar-refractivity contribution in [1.82, 2.24) is 19.9 Å². The van der Waals surface area contributed by atoms with Gasteiger partial charge in [0, 0.05) is 41.8 Å². The number of nitrogen functional groups attached to an aromatic ring is 1. The van der Waals surface area contributed by atoms with E-state index in [1.807, 2.05) is 12.1 Å². The van der Waals surface area contributed by atoms with Gasteiger partial charge in [-0.3, -0.25) is 9.32 Å². The molecule has 1 amide bonds. The first-order chi connectivity index (χ1) is 28.6. The summed E-state index contributed by atoms with van der Waals surface area (Å²) in [5.41, 5.74) is 8.03. The summed E-state index contributed by atoms with van der Waals surface area (Å²) in [5.74, 6) is 5.26. The van der Waals surface area contributed by atoms with E-state index in [0.717, 1.165) is 17.7 Å². The number of amides is 1. The lowest BCUT2D eigenvalue weighted by Crippen LogP contribution is -2.49. The molecule has 1 aromatic carbocycles. The van der Waals surface area contributed by atoms with Gasteiger partial charge >= 0.3 is 35.1 Å². The summed E-state index contributed by atoms with van der Waals surface area (Å²) in [7, 11) is -16.5. The van der Waals surface area contributed by atoms with Crippen LogP contribution < -0.4 is 21.6 Å². The first-order valence-electron chi connectivity index (χ1n) is 18.9. The van der Waals surface area contributed by atoms with Crippen LogP contribution in [-0.4, -0.2) is 83.9 Å². The zero-order valence-corrected chi connectivity index (χ0v) is 36.1. The van der Waals surface area contributed by atoms with E-state index in [2.05, 4.69) is 61.4 Å². The number of fused-ring (bicyclic) bond motifs is 3. The lowest BCUT2D eigenvalue weighted by atomic mass is 9.79. The van der Waals surface area contributed by atoms with E-state index in [9.17, 15) is 37.9 Å². The molecule has 3 aromatic heterocycles. The van der Waals surface area contributed by atoms with E-state index in [1.54, 1.807) is 17.7 Å². The Kier molecular flexibility index (Phi) is 13.6. The minimum Gasteiger partial charge on any atom is -0.462 e. The number of nitrogens with zero attached hydrogens (tertiary/aromatic N) is 4. The standard InChI is InChI=1S/C36H45N6O16P3/c1-5-53-34(44)26-15-23-14-25-21(2)17-36(3,4)42(27(25)16-28(23)56-35(26)45)13-7-9-29(43)38-12-6-8-22-18-41(33-31(22)32(37)39-20-40-33)30-11-10-24(55-30)19-54-60(49,50)58-61(51,52)57-59(46,47)48/h14-16,18,20-21,24,30H,5,7,9-13,17,19H2,1-4H3,(H,38,43)(H,49,50)(H,51,52)(H2,37,39,40)(H2,46,47,48)/t21?,24-,30+/m0/s1. The van der Waals surface area contributed by atoms with Gasteiger partial charge < -0.3 is 54.0 Å². The lowest BCUT2D eigenvalue weighted by molar-refractivity contribution is -0.120. The summed E-state index contributed by atoms with van der Waals surface area (Å²) < 4.78 is 65.1. The van der Waals surface area contributed by atoms with Crippen LogP contribution in [0.25, 0.3) is 22.0 Å². The van der Waals surface area contributed by atoms with Crippen molar-refractivity contribution in [3.63, 3.8) is 0 Å². The molecule has 5 atom stereocenters. The maximum atomic E-state index is 13.0. The van der Waals surface area contributed by atoms with Crippen molar-refractivity contribution in [3.05, 3.63) is 57.8 Å². The molecular weight excluding hydrogens is 865 g/mol. The predicted molar refractivity (Wildman–Crippen MR) is 217 cm³/mol. The number of hydrogen-bond donors (Lipinski definition) is 6. The number of benzene rings is 1. The minimum atomic E-state index is -5.67. The molecule has 4 aromatic rings. The fourth-order valence-electron chi connectivity index (χ4n) is 7.56. The van der Waals surface area contributed by atoms with Crippen molar-refractivity contribution in [3.8, 4) is 11.8 Å². The number of nitrogens with one attached hydrogen (secondary N) is 1. The topological polar surface area (TPSA) is 315 Å². The van der Waals surface area contributed by atoms with E-state index < -0.39 is 54.0 Å². The third-order valence-electron chi connectivity index (χ3n) is 9.99. The highest BCUT2D eigenvalue weighted by molar-refractivity contribution is 7.66. The highest BCUT2D eigenvalue weighted by Crippen LogP contribution is 2.66. The molecule has 22 nitrogen and oxygen atoms in total. The number of phosphoric acid groups is 3. The maximum Gasteiger partial charge on any atom is 0.490 e. The van der Waals surface area contributed by atoms with Gasteiger partial charge in [-0.15, -0.1) is 0 Å². The van der Waals surface area contributed by atoms with Crippen LogP contribution in [0.3, 0.4) is 0 Å². The Balaban J connectivity index is 1.06. The summed E-state index contributed by atoms with van der Waals surface area (Å²) in [4.78, 5) is 85.2. The molecular formula is C36H45N6O16P3. The highest BCUT2D eigenvalue weighted by Gasteiger charge is 2.42. The van der Waals surface area contributed by atoms with Crippen molar-refractivity contribution >= 4 is 68.9 Å². The number of esters is 1. The Morgan fingerprint density at radius 1 is 1.08 bits per heavy atom. The third-order valence-corrected chi connectivity index (χ3v) is 13.8. The van der Waals surface area contributed by atoms with Crippen molar-refractivity contribution in [1.29, 1.82) is 0 Å². The number of ether oxygens (including phenoxy) is 2. The quantitative estimate of drug-likeness (QED) is 0.0418. The van der Waals surface area contributed by atoms with Gasteiger partial charge in [0.15, 0.2) is 0 Å². The maximum absolute atomic E-state index is 13.0. The van der Waals surface area contributed by atoms with E-state index in [4.69, 9.17) is 33.9 Å². The number of rotatable bonds is 15. The molecule has 0 radical (unpaired) electrons. The molecule has 1 saturated heterocycles. The van der Waals surface area contributed by atoms with Crippen LogP contribution in [0.15, 0.2) is 39.9 Å². The number of aromatic nitrogens is 3. The summed E-state index contributed by atoms with van der Waals surface area (Å²) in [6.45, 7) is 8.08. The van der Waals surface area contributed by atoms with Crippen molar-refractivity contribution in [2.45, 2.75) is 83.6 Å². The Morgan fingerprint density at radius 2 is 1.84 bits per heavy atom. The molecule has 0 aliphatic carbocycles. The van der Waals surface area contributed by atoms with Gasteiger partial charge in [-0.1, -0.05) is 18.8 Å². The number of anilines is 2. The van der Waals surface area contributed by atoms with E-state index >= 15 is 0 Å². The molecule has 1 fully saturated rings. The lowest BCUT2D eigenvalue weighted by Gasteiger charge is -2.47. The Labute approximate surface area is 348 Å². The Hall–Kier alpha value is -4.48. The predicted octanol–water partition coefficient (Wildman–Crippen LogP) is 4.36. The summed E-state index contributed by atoms with van der Waals surface area (Å²) >= 11 is 0. The molecule has 2 aliphatic rings. The fraction of sp³-hybridized carbons (Fsp3) is 0.472. The molecule has 0 spiro atoms. The van der Waals surface area contributed by atoms with Gasteiger partial charge in [0.25, 0.3) is 0 Å². The summed E-state index contributed by atoms with van der Waals surface area (Å²) in [6.07, 6.45) is 3.52. The number of phosphoric ester groups is 1. The van der Waals surface area contributed by atoms with E-state index in [0.29, 0.717) is 47.0 Å². The average molecular weight is 911 g/mol. The molecule has 61 heavy (non-hydrogen) atoms. The number of hydrogen-bond acceptors (Lipinski definition) is 16. The van der Waals surface area contributed by atoms with Crippen molar-refractivity contribution in [2.75, 3.05) is 36.9 Å². The first kappa shape index (κ1) is 46.0. The average Bonchev–Trinajstić information content (AvgIpc) is 3.77. The van der Waals surface area contributed by atoms with Gasteiger partial charge in [0.2, 0.25) is 5.91 Å². The van der Waals surface area contributed by atoms with Gasteiger partial charge in [0.1, 0.15) is 35.2 Å². The number of nitrogens with two attached hydrogens (primary N) is 1. The SMILES string of the molecule is CCOC(=O)c1cc2cc3c(cc2oc1=O)N(CCCC(=O)NCC#Cc1cn([C@H]2CC[C@@H](COP(=O)(O)OP(=O)(O)OP(=O)(O)O)O2)c2ncnc(N)c12)C(C)(C)CC3C. The smallest absolute Gasteiger partial charge is 0.462 e. The molecule has 0 bridgehead atoms. The summed E-state index contributed by atoms with van der Waals surface area (Å²) in [5, 5.41) is 3.85. The second-order valence-electron chi connectivity index (χ2n) is 15.0. The zero-order chi connectivity index (χ0) is 44.5. The van der Waals surface area contributed by atoms with Crippen LogP contribution >= 0.6 is 23.5 Å². The van der Waals surface area contributed by atoms with Crippen LogP contribution in [0.4, 0.5) is 11.5 Å². The van der Waals surface area contributed by atoms with Gasteiger partial charge in [-0.05, 0) is 70.1 Å². The second kappa shape index (κ2) is 18.1. The van der Waals surface area contributed by atoms with Crippen molar-refractivity contribution in [2.24, 2.45) is 0 Å². The second-order valence-corrected chi connectivity index (χ2v) is 19.4. The number of carbonyl (C=O) groups excluding carboxylic acids is 2. The highest BCUT2D eigenvalue weighted by atomic mass is 31.3. The summed E-state index contributed by atoms with van der Waals surface area (Å²) in [6, 6.07) is 5.26. The van der Waals surface area contributed by atoms with Crippen LogP contribution in [0.1, 0.15) is 93.4 Å². The van der Waals surface area contributed by atoms with Gasteiger partial charge in [-0.2, -0.15) is 8.62 Å². The van der Waals surface area contributed by atoms with Crippen molar-refractivity contribution < 1.29 is 69.9 Å². The molecule has 3 unspecified atom stereocenters. The Bertz CT molecular complexity index is 2620. The van der Waals surface area contributed by atoms with Crippen LogP contribution in [0, 0.1) is 11.8 Å². The normalized spacial score (nSPS) is 20.7. The van der Waals surface area contributed by atoms with Crippen LogP contribution in [0.5, 0.6) is 0 Å². The molecule has 5 heterocycles. The Morgan fingerprint density at radius 3 is 2.56 bits per heavy atom. The van der Waals surface area contributed by atoms with Gasteiger partial charge in [-0.25, -0.2) is 33.3 Å². The largest absolute Gasteiger partial charge is 0.490 e. The molecule has 25 heteroatoms. The van der Waals surface area contributed by atoms with Crippen LogP contribution in [-0.2, 0) is 41.1 Å². The molecule has 330 valence electrons. The number of carbonyl (C=O) groups is 2. The van der Waals surface area contributed by atoms with E-state index in [1.165, 1.54) is 12.4 Å². The first-order valence-corrected chi connectivity index (χ1v) is 23.5.